The lowest BCUT2D eigenvalue weighted by Gasteiger charge is -2.26. The van der Waals surface area contributed by atoms with E-state index in [1.165, 1.54) is 5.56 Å². The number of fused-ring (bicyclic) bond motifs is 1. The largest absolute Gasteiger partial charge is 0.378 e. The molecule has 9 heteroatoms. The van der Waals surface area contributed by atoms with E-state index in [2.05, 4.69) is 73.3 Å². The first kappa shape index (κ1) is 24.9. The summed E-state index contributed by atoms with van der Waals surface area (Å²) in [6.07, 6.45) is 6.85. The van der Waals surface area contributed by atoms with Crippen molar-refractivity contribution < 1.29 is 0 Å². The Morgan fingerprint density at radius 2 is 1.83 bits per heavy atom. The molecule has 2 aromatic carbocycles. The molecule has 1 saturated carbocycles. The fourth-order valence-corrected chi connectivity index (χ4v) is 4.68. The number of nitrogens with two attached hydrogens (primary N) is 2. The van der Waals surface area contributed by atoms with Gasteiger partial charge in [-0.25, -0.2) is 4.98 Å². The average Bonchev–Trinajstić information content (AvgIpc) is 3.29. The van der Waals surface area contributed by atoms with Crippen molar-refractivity contribution in [1.82, 2.24) is 20.2 Å². The third-order valence-electron chi connectivity index (χ3n) is 6.57. The minimum absolute atomic E-state index is 0. The molecule has 184 valence electrons. The number of nitrogens with one attached hydrogen (secondary N) is 3. The first-order valence-corrected chi connectivity index (χ1v) is 12.0. The van der Waals surface area contributed by atoms with Crippen LogP contribution in [0.2, 0.25) is 0 Å². The smallest absolute Gasteiger partial charge is 0.224 e. The molecule has 35 heavy (non-hydrogen) atoms. The highest BCUT2D eigenvalue weighted by molar-refractivity contribution is 5.91. The van der Waals surface area contributed by atoms with Gasteiger partial charge in [0.25, 0.3) is 0 Å². The quantitative estimate of drug-likeness (QED) is 0.242. The van der Waals surface area contributed by atoms with Crippen molar-refractivity contribution in [1.29, 1.82) is 0 Å². The number of rotatable bonds is 8. The van der Waals surface area contributed by atoms with Crippen LogP contribution in [0.3, 0.4) is 0 Å². The number of anilines is 2. The Balaban J connectivity index is 0.00000289. The zero-order valence-corrected chi connectivity index (χ0v) is 20.5. The van der Waals surface area contributed by atoms with E-state index in [4.69, 9.17) is 11.5 Å². The molecule has 7 N–H and O–H groups in total. The maximum Gasteiger partial charge on any atom is 0.224 e. The Morgan fingerprint density at radius 1 is 1.03 bits per heavy atom. The highest BCUT2D eigenvalue weighted by Gasteiger charge is 2.20. The van der Waals surface area contributed by atoms with E-state index in [9.17, 15) is 0 Å². The molecule has 1 fully saturated rings. The van der Waals surface area contributed by atoms with E-state index < -0.39 is 0 Å². The molecule has 0 amide bonds. The number of aromatic amines is 1. The van der Waals surface area contributed by atoms with Crippen LogP contribution in [-0.4, -0.2) is 38.8 Å². The Morgan fingerprint density at radius 3 is 2.60 bits per heavy atom. The highest BCUT2D eigenvalue weighted by atomic mass is 35.5. The second-order valence-corrected chi connectivity index (χ2v) is 9.05. The molecule has 1 unspecified atom stereocenters. The van der Waals surface area contributed by atoms with Gasteiger partial charge in [-0.15, -0.1) is 12.4 Å². The molecule has 0 radical (unpaired) electrons. The highest BCUT2D eigenvalue weighted by Crippen LogP contribution is 2.30. The first-order chi connectivity index (χ1) is 16.7. The summed E-state index contributed by atoms with van der Waals surface area (Å²) in [5, 5.41) is 15.6. The summed E-state index contributed by atoms with van der Waals surface area (Å²) in [6.45, 7) is 0.610. The zero-order chi connectivity index (χ0) is 23.3. The van der Waals surface area contributed by atoms with Gasteiger partial charge in [0.2, 0.25) is 5.95 Å². The minimum Gasteiger partial charge on any atom is -0.378 e. The Hall–Kier alpha value is -3.20. The van der Waals surface area contributed by atoms with E-state index in [1.54, 1.807) is 0 Å². The molecular weight excluding hydrogens is 460 g/mol. The molecule has 0 saturated heterocycles. The van der Waals surface area contributed by atoms with E-state index >= 15 is 0 Å². The van der Waals surface area contributed by atoms with Gasteiger partial charge in [0.05, 0.1) is 17.1 Å². The average molecular weight is 493 g/mol. The summed E-state index contributed by atoms with van der Waals surface area (Å²) < 4.78 is 0. The second kappa shape index (κ2) is 11.5. The predicted molar refractivity (Wildman–Crippen MR) is 145 cm³/mol. The van der Waals surface area contributed by atoms with Gasteiger partial charge in [-0.1, -0.05) is 42.5 Å². The van der Waals surface area contributed by atoms with Gasteiger partial charge in [0, 0.05) is 29.5 Å². The SMILES string of the molecule is Cl.NCCC(Nc1cccc(-c2[nH]nc3nc(NC4CCC(N)CC4)ncc23)c1)c1ccccc1. The number of H-pyrrole nitrogens is 1. The second-order valence-electron chi connectivity index (χ2n) is 9.05. The molecule has 4 aromatic rings. The van der Waals surface area contributed by atoms with E-state index in [-0.39, 0.29) is 18.4 Å². The van der Waals surface area contributed by atoms with Crippen LogP contribution in [0.25, 0.3) is 22.3 Å². The molecule has 5 rings (SSSR count). The molecule has 0 aliphatic heterocycles. The fraction of sp³-hybridized carbons (Fsp3) is 0.346. The monoisotopic (exact) mass is 492 g/mol. The van der Waals surface area contributed by atoms with Gasteiger partial charge < -0.3 is 22.1 Å². The van der Waals surface area contributed by atoms with Crippen LogP contribution in [0.15, 0.2) is 60.8 Å². The lowest BCUT2D eigenvalue weighted by atomic mass is 9.92. The first-order valence-electron chi connectivity index (χ1n) is 12.0. The standard InChI is InChI=1S/C26H32N8.ClH/c27-14-13-23(17-5-2-1-3-6-17)30-21-8-4-7-18(15-21)24-22-16-29-26(32-25(22)34-33-24)31-20-11-9-19(28)10-12-20;/h1-8,15-16,19-20,23,30H,9-14,27-28H2,(H2,29,31,32,33,34);1H. The van der Waals surface area contributed by atoms with E-state index in [0.29, 0.717) is 30.2 Å². The predicted octanol–water partition coefficient (Wildman–Crippen LogP) is 4.63. The molecule has 1 atom stereocenters. The number of aromatic nitrogens is 4. The number of nitrogens with zero attached hydrogens (tertiary/aromatic N) is 3. The summed E-state index contributed by atoms with van der Waals surface area (Å²) in [6, 6.07) is 19.5. The van der Waals surface area contributed by atoms with Gasteiger partial charge in [-0.2, -0.15) is 10.1 Å². The van der Waals surface area contributed by atoms with Crippen molar-refractivity contribution in [3.8, 4) is 11.3 Å². The molecule has 2 heterocycles. The molecule has 1 aliphatic carbocycles. The summed E-state index contributed by atoms with van der Waals surface area (Å²) >= 11 is 0. The van der Waals surface area contributed by atoms with E-state index in [1.807, 2.05) is 18.3 Å². The molecule has 1 aliphatic rings. The van der Waals surface area contributed by atoms with Gasteiger partial charge in [0.15, 0.2) is 5.65 Å². The van der Waals surface area contributed by atoms with Gasteiger partial charge >= 0.3 is 0 Å². The van der Waals surface area contributed by atoms with Crippen LogP contribution in [0.5, 0.6) is 0 Å². The number of benzene rings is 2. The summed E-state index contributed by atoms with van der Waals surface area (Å²) in [5.41, 5.74) is 16.7. The van der Waals surface area contributed by atoms with Gasteiger partial charge in [0.1, 0.15) is 0 Å². The molecule has 0 bridgehead atoms. The lowest BCUT2D eigenvalue weighted by molar-refractivity contribution is 0.410. The normalized spacial score (nSPS) is 18.6. The molecule has 0 spiro atoms. The Bertz CT molecular complexity index is 1220. The van der Waals surface area contributed by atoms with Crippen LogP contribution >= 0.6 is 12.4 Å². The maximum atomic E-state index is 6.02. The van der Waals surface area contributed by atoms with Crippen molar-refractivity contribution in [2.75, 3.05) is 17.2 Å². The number of halogens is 1. The molecule has 2 aromatic heterocycles. The van der Waals surface area contributed by atoms with Crippen LogP contribution in [0.1, 0.15) is 43.7 Å². The van der Waals surface area contributed by atoms with Crippen LogP contribution in [0, 0.1) is 0 Å². The summed E-state index contributed by atoms with van der Waals surface area (Å²) in [4.78, 5) is 9.21. The van der Waals surface area contributed by atoms with Crippen molar-refractivity contribution in [2.24, 2.45) is 11.5 Å². The third-order valence-corrected chi connectivity index (χ3v) is 6.57. The Kier molecular flexibility index (Phi) is 8.17. The lowest BCUT2D eigenvalue weighted by Crippen LogP contribution is -2.33. The fourth-order valence-electron chi connectivity index (χ4n) is 4.68. The number of hydrogen-bond acceptors (Lipinski definition) is 7. The van der Waals surface area contributed by atoms with Crippen molar-refractivity contribution in [3.63, 3.8) is 0 Å². The van der Waals surface area contributed by atoms with E-state index in [0.717, 1.165) is 54.4 Å². The number of hydrogen-bond donors (Lipinski definition) is 5. The molecular formula is C26H33ClN8. The third kappa shape index (κ3) is 5.90. The Labute approximate surface area is 211 Å². The van der Waals surface area contributed by atoms with Crippen LogP contribution < -0.4 is 22.1 Å². The molecule has 8 nitrogen and oxygen atoms in total. The van der Waals surface area contributed by atoms with Crippen LogP contribution in [-0.2, 0) is 0 Å². The van der Waals surface area contributed by atoms with Gasteiger partial charge in [-0.05, 0) is 56.3 Å². The topological polar surface area (TPSA) is 131 Å². The minimum atomic E-state index is 0. The summed E-state index contributed by atoms with van der Waals surface area (Å²) in [5.74, 6) is 0.619. The van der Waals surface area contributed by atoms with Crippen molar-refractivity contribution >= 4 is 35.1 Å². The van der Waals surface area contributed by atoms with Crippen molar-refractivity contribution in [3.05, 3.63) is 66.4 Å². The van der Waals surface area contributed by atoms with Gasteiger partial charge in [-0.3, -0.25) is 5.10 Å². The van der Waals surface area contributed by atoms with Crippen molar-refractivity contribution in [2.45, 2.75) is 50.2 Å². The zero-order valence-electron chi connectivity index (χ0n) is 19.7. The van der Waals surface area contributed by atoms with Crippen LogP contribution in [0.4, 0.5) is 11.6 Å². The summed E-state index contributed by atoms with van der Waals surface area (Å²) in [7, 11) is 0. The maximum absolute atomic E-state index is 6.02.